The Bertz CT molecular complexity index is 1330. The van der Waals surface area contributed by atoms with E-state index in [0.717, 1.165) is 122 Å². The molecule has 0 bridgehead atoms. The smallest absolute Gasteiger partial charge is 0.330 e. The van der Waals surface area contributed by atoms with Crippen LogP contribution in [0.2, 0.25) is 0 Å². The van der Waals surface area contributed by atoms with E-state index < -0.39 is 5.97 Å². The van der Waals surface area contributed by atoms with Crippen LogP contribution in [0.4, 0.5) is 0 Å². The van der Waals surface area contributed by atoms with Gasteiger partial charge in [-0.25, -0.2) is 19.2 Å². The predicted molar refractivity (Wildman–Crippen MR) is 248 cm³/mol. The third kappa shape index (κ3) is 33.1. The normalized spacial score (nSPS) is 10.9. The molecule has 1 aromatic rings. The molecule has 11 heteroatoms. The molecule has 1 aromatic carbocycles. The molecule has 62 heavy (non-hydrogen) atoms. The van der Waals surface area contributed by atoms with Crippen molar-refractivity contribution in [2.45, 2.75) is 173 Å². The van der Waals surface area contributed by atoms with Gasteiger partial charge in [-0.2, -0.15) is 0 Å². The second-order valence-electron chi connectivity index (χ2n) is 15.7. The van der Waals surface area contributed by atoms with Crippen LogP contribution in [0.15, 0.2) is 56.2 Å². The van der Waals surface area contributed by atoms with Crippen LogP contribution in [0.25, 0.3) is 6.08 Å². The van der Waals surface area contributed by atoms with E-state index in [1.165, 1.54) is 76.0 Å². The Morgan fingerprint density at radius 3 is 0.935 bits per heavy atom. The minimum Gasteiger partial charge on any atom is -0.490 e. The Labute approximate surface area is 373 Å². The van der Waals surface area contributed by atoms with E-state index in [1.807, 2.05) is 12.1 Å². The van der Waals surface area contributed by atoms with Gasteiger partial charge < -0.3 is 33.5 Å². The van der Waals surface area contributed by atoms with Crippen molar-refractivity contribution in [2.24, 2.45) is 0 Å². The van der Waals surface area contributed by atoms with Gasteiger partial charge in [0, 0.05) is 24.3 Å². The highest BCUT2D eigenvalue weighted by molar-refractivity contribution is 5.85. The van der Waals surface area contributed by atoms with Crippen LogP contribution in [0.1, 0.15) is 179 Å². The highest BCUT2D eigenvalue weighted by Crippen LogP contribution is 2.40. The second-order valence-corrected chi connectivity index (χ2v) is 15.7. The van der Waals surface area contributed by atoms with Gasteiger partial charge in [-0.3, -0.25) is 0 Å². The molecule has 0 aromatic heterocycles. The van der Waals surface area contributed by atoms with Crippen LogP contribution < -0.4 is 14.2 Å². The maximum atomic E-state index is 11.4. The van der Waals surface area contributed by atoms with Crippen molar-refractivity contribution in [3.05, 3.63) is 61.7 Å². The lowest BCUT2D eigenvalue weighted by Gasteiger charge is -2.18. The number of carboxylic acids is 1. The monoisotopic (exact) mass is 869 g/mol. The zero-order valence-electron chi connectivity index (χ0n) is 38.0. The number of esters is 3. The summed E-state index contributed by atoms with van der Waals surface area (Å²) in [6.45, 7) is 13.2. The number of carbonyl (C=O) groups excluding carboxylic acids is 3. The number of aliphatic carboxylic acids is 1. The summed E-state index contributed by atoms with van der Waals surface area (Å²) in [6.07, 6.45) is 35.3. The van der Waals surface area contributed by atoms with Gasteiger partial charge in [-0.1, -0.05) is 155 Å². The number of benzene rings is 1. The lowest BCUT2D eigenvalue weighted by Crippen LogP contribution is -2.07. The minimum absolute atomic E-state index is 0.360. The van der Waals surface area contributed by atoms with Crippen molar-refractivity contribution in [2.75, 3.05) is 39.6 Å². The summed E-state index contributed by atoms with van der Waals surface area (Å²) in [5.41, 5.74) is 0.681. The molecule has 1 rings (SSSR count). The van der Waals surface area contributed by atoms with Gasteiger partial charge in [0.25, 0.3) is 0 Å². The van der Waals surface area contributed by atoms with Crippen LogP contribution in [-0.2, 0) is 33.4 Å². The Balaban J connectivity index is 2.64. The zero-order valence-corrected chi connectivity index (χ0v) is 38.0. The quantitative estimate of drug-likeness (QED) is 0.0290. The molecule has 0 saturated heterocycles. The van der Waals surface area contributed by atoms with Gasteiger partial charge in [0.05, 0.1) is 39.6 Å². The Morgan fingerprint density at radius 2 is 0.661 bits per heavy atom. The lowest BCUT2D eigenvalue weighted by molar-refractivity contribution is -0.138. The number of carbonyl (C=O) groups is 4. The first-order chi connectivity index (χ1) is 30.3. The molecule has 1 N–H and O–H groups in total. The summed E-state index contributed by atoms with van der Waals surface area (Å²) in [4.78, 5) is 44.8. The number of carboxylic acid groups (broad SMARTS) is 1. The van der Waals surface area contributed by atoms with E-state index in [9.17, 15) is 24.3 Å². The van der Waals surface area contributed by atoms with Gasteiger partial charge in [0.1, 0.15) is 0 Å². The van der Waals surface area contributed by atoms with Crippen molar-refractivity contribution in [1.29, 1.82) is 0 Å². The maximum absolute atomic E-state index is 11.4. The molecular formula is C51H80O11. The molecule has 0 aliphatic carbocycles. The van der Waals surface area contributed by atoms with Gasteiger partial charge in [0.2, 0.25) is 5.75 Å². The standard InChI is InChI=1S/C51H80O11/c1-4-48(54)59-38-30-24-18-12-7-10-16-22-28-36-57-45-42-44(34-35-47(52)53)43-46(58-37-29-23-17-11-8-13-19-25-31-39-60-49(55)5-2)51(45)62-41-33-27-21-15-9-14-20-26-32-40-61-50(56)6-3/h4-6,34-35,42-43H,1-3,7-33,36-41H2,(H,52,53)/b35-34+. The molecule has 11 nitrogen and oxygen atoms in total. The SMILES string of the molecule is C=CC(=O)OCCCCCCCCCCCOc1cc(/C=C/C(=O)O)cc(OCCCCCCCCCCCOC(=O)C=C)c1OCCCCCCCCCCCOC(=O)C=C. The molecule has 0 amide bonds. The molecule has 0 fully saturated rings. The first kappa shape index (κ1) is 55.5. The van der Waals surface area contributed by atoms with Crippen LogP contribution >= 0.6 is 0 Å². The Kier molecular flexibility index (Phi) is 36.3. The maximum Gasteiger partial charge on any atom is 0.330 e. The number of rotatable bonds is 44. The largest absolute Gasteiger partial charge is 0.490 e. The fourth-order valence-corrected chi connectivity index (χ4v) is 6.78. The molecule has 0 atom stereocenters. The van der Waals surface area contributed by atoms with E-state index >= 15 is 0 Å². The fourth-order valence-electron chi connectivity index (χ4n) is 6.78. The summed E-state index contributed by atoms with van der Waals surface area (Å²) in [5.74, 6) is -0.382. The van der Waals surface area contributed by atoms with E-state index in [-0.39, 0.29) is 17.9 Å². The summed E-state index contributed by atoms with van der Waals surface area (Å²) >= 11 is 0. The van der Waals surface area contributed by atoms with Gasteiger partial charge in [-0.15, -0.1) is 0 Å². The van der Waals surface area contributed by atoms with Crippen molar-refractivity contribution in [3.63, 3.8) is 0 Å². The molecule has 0 heterocycles. The van der Waals surface area contributed by atoms with E-state index in [2.05, 4.69) is 19.7 Å². The second kappa shape index (κ2) is 40.5. The van der Waals surface area contributed by atoms with Crippen molar-refractivity contribution < 1.29 is 52.7 Å². The first-order valence-corrected chi connectivity index (χ1v) is 23.7. The topological polar surface area (TPSA) is 144 Å². The highest BCUT2D eigenvalue weighted by Gasteiger charge is 2.16. The molecule has 0 unspecified atom stereocenters. The molecule has 0 radical (unpaired) electrons. The van der Waals surface area contributed by atoms with Crippen LogP contribution in [0.5, 0.6) is 17.2 Å². The lowest BCUT2D eigenvalue weighted by atomic mass is 10.1. The summed E-state index contributed by atoms with van der Waals surface area (Å²) < 4.78 is 34.2. The van der Waals surface area contributed by atoms with E-state index in [0.29, 0.717) is 62.5 Å². The number of hydrogen-bond donors (Lipinski definition) is 1. The first-order valence-electron chi connectivity index (χ1n) is 23.7. The third-order valence-electron chi connectivity index (χ3n) is 10.3. The molecule has 0 saturated carbocycles. The Hall–Kier alpha value is -4.54. The molecule has 350 valence electrons. The number of ether oxygens (including phenoxy) is 6. The summed E-state index contributed by atoms with van der Waals surface area (Å²) in [7, 11) is 0. The molecular weight excluding hydrogens is 789 g/mol. The predicted octanol–water partition coefficient (Wildman–Crippen LogP) is 12.6. The van der Waals surface area contributed by atoms with Gasteiger partial charge in [-0.05, 0) is 62.3 Å². The summed E-state index contributed by atoms with van der Waals surface area (Å²) in [5, 5.41) is 9.35. The minimum atomic E-state index is -1.02. The van der Waals surface area contributed by atoms with Crippen molar-refractivity contribution >= 4 is 30.0 Å². The molecule has 0 aliphatic heterocycles. The van der Waals surface area contributed by atoms with Crippen LogP contribution in [0.3, 0.4) is 0 Å². The summed E-state index contributed by atoms with van der Waals surface area (Å²) in [6, 6.07) is 3.69. The average molecular weight is 869 g/mol. The van der Waals surface area contributed by atoms with Crippen LogP contribution in [-0.4, -0.2) is 68.6 Å². The van der Waals surface area contributed by atoms with Gasteiger partial charge in [0.15, 0.2) is 11.5 Å². The number of hydrogen-bond acceptors (Lipinski definition) is 10. The molecule has 0 aliphatic rings. The average Bonchev–Trinajstić information content (AvgIpc) is 3.27. The van der Waals surface area contributed by atoms with Crippen molar-refractivity contribution in [3.8, 4) is 17.2 Å². The van der Waals surface area contributed by atoms with E-state index in [4.69, 9.17) is 28.4 Å². The third-order valence-corrected chi connectivity index (χ3v) is 10.3. The number of unbranched alkanes of at least 4 members (excludes halogenated alkanes) is 24. The highest BCUT2D eigenvalue weighted by atomic mass is 16.5. The Morgan fingerprint density at radius 1 is 0.403 bits per heavy atom. The van der Waals surface area contributed by atoms with Crippen molar-refractivity contribution in [1.82, 2.24) is 0 Å². The van der Waals surface area contributed by atoms with Gasteiger partial charge >= 0.3 is 23.9 Å². The fraction of sp³-hybridized carbons (Fsp3) is 0.647. The van der Waals surface area contributed by atoms with Crippen LogP contribution in [0, 0.1) is 0 Å². The molecule has 0 spiro atoms. The van der Waals surface area contributed by atoms with E-state index in [1.54, 1.807) is 6.08 Å². The zero-order chi connectivity index (χ0) is 45.1.